The van der Waals surface area contributed by atoms with Gasteiger partial charge in [-0.05, 0) is 48.6 Å². The molecule has 0 saturated carbocycles. The molecule has 0 aliphatic carbocycles. The summed E-state index contributed by atoms with van der Waals surface area (Å²) >= 11 is 0. The van der Waals surface area contributed by atoms with Gasteiger partial charge in [-0.2, -0.15) is 0 Å². The minimum atomic E-state index is -0.560. The van der Waals surface area contributed by atoms with Crippen LogP contribution >= 0.6 is 0 Å². The summed E-state index contributed by atoms with van der Waals surface area (Å²) in [5.41, 5.74) is 3.60. The molecule has 30 heavy (non-hydrogen) atoms. The highest BCUT2D eigenvalue weighted by Crippen LogP contribution is 2.36. The summed E-state index contributed by atoms with van der Waals surface area (Å²) in [6.45, 7) is 7.92. The van der Waals surface area contributed by atoms with Gasteiger partial charge in [0.05, 0.1) is 26.2 Å². The number of ether oxygens (including phenoxy) is 2. The summed E-state index contributed by atoms with van der Waals surface area (Å²) in [6, 6.07) is 9.48. The first-order valence-electron chi connectivity index (χ1n) is 9.85. The van der Waals surface area contributed by atoms with Crippen molar-refractivity contribution in [2.75, 3.05) is 19.5 Å². The smallest absolute Gasteiger partial charge is 0.340 e. The van der Waals surface area contributed by atoms with Crippen LogP contribution in [0.15, 0.2) is 39.5 Å². The normalized spacial score (nSPS) is 11.0. The highest BCUT2D eigenvalue weighted by molar-refractivity contribution is 5.95. The number of hydrogen-bond donors (Lipinski definition) is 1. The van der Waals surface area contributed by atoms with Gasteiger partial charge in [0.15, 0.2) is 11.3 Å². The third kappa shape index (κ3) is 3.90. The van der Waals surface area contributed by atoms with Crippen molar-refractivity contribution in [3.8, 4) is 11.5 Å². The van der Waals surface area contributed by atoms with Gasteiger partial charge in [0.2, 0.25) is 11.7 Å². The largest absolute Gasteiger partial charge is 0.493 e. The van der Waals surface area contributed by atoms with Crippen LogP contribution in [0.5, 0.6) is 11.5 Å². The number of amides is 1. The summed E-state index contributed by atoms with van der Waals surface area (Å²) in [7, 11) is 3.01. The Morgan fingerprint density at radius 2 is 1.83 bits per heavy atom. The van der Waals surface area contributed by atoms with Gasteiger partial charge in [0.1, 0.15) is 0 Å². The Morgan fingerprint density at radius 1 is 1.10 bits per heavy atom. The molecule has 0 saturated heterocycles. The molecule has 6 heteroatoms. The van der Waals surface area contributed by atoms with Gasteiger partial charge >= 0.3 is 5.63 Å². The molecule has 6 nitrogen and oxygen atoms in total. The van der Waals surface area contributed by atoms with E-state index in [1.807, 2.05) is 25.1 Å². The predicted molar refractivity (Wildman–Crippen MR) is 118 cm³/mol. The summed E-state index contributed by atoms with van der Waals surface area (Å²) < 4.78 is 16.2. The molecule has 1 heterocycles. The van der Waals surface area contributed by atoms with Crippen LogP contribution in [-0.4, -0.2) is 20.1 Å². The fourth-order valence-corrected chi connectivity index (χ4v) is 3.66. The maximum absolute atomic E-state index is 12.8. The standard InChI is InChI=1S/C24H27NO5/c1-13(2)16-9-7-8-14(3)21(16)25-20(26)12-18-15(4)17-10-11-19(28-5)23(29-6)22(17)30-24(18)27/h7-11,13H,12H2,1-6H3,(H,25,26). The molecular formula is C24H27NO5. The number of benzene rings is 2. The minimum absolute atomic E-state index is 0.0790. The van der Waals surface area contributed by atoms with E-state index in [0.29, 0.717) is 33.6 Å². The zero-order valence-corrected chi connectivity index (χ0v) is 18.2. The third-order valence-electron chi connectivity index (χ3n) is 5.33. The van der Waals surface area contributed by atoms with Crippen LogP contribution in [0.1, 0.15) is 42.0 Å². The van der Waals surface area contributed by atoms with Crippen molar-refractivity contribution in [2.45, 2.75) is 40.0 Å². The Bertz CT molecular complexity index is 1160. The minimum Gasteiger partial charge on any atom is -0.493 e. The Morgan fingerprint density at radius 3 is 2.47 bits per heavy atom. The van der Waals surface area contributed by atoms with Crippen molar-refractivity contribution in [3.63, 3.8) is 0 Å². The predicted octanol–water partition coefficient (Wildman–Crippen LogP) is 4.73. The van der Waals surface area contributed by atoms with Gasteiger partial charge < -0.3 is 19.2 Å². The molecule has 3 rings (SSSR count). The number of carbonyl (C=O) groups is 1. The van der Waals surface area contributed by atoms with Crippen molar-refractivity contribution in [1.29, 1.82) is 0 Å². The van der Waals surface area contributed by atoms with Crippen LogP contribution in [0, 0.1) is 13.8 Å². The molecule has 0 atom stereocenters. The average molecular weight is 409 g/mol. The van der Waals surface area contributed by atoms with E-state index in [1.165, 1.54) is 14.2 Å². The van der Waals surface area contributed by atoms with Crippen LogP contribution in [0.3, 0.4) is 0 Å². The zero-order chi connectivity index (χ0) is 22.0. The molecule has 1 N–H and O–H groups in total. The van der Waals surface area contributed by atoms with Crippen molar-refractivity contribution in [1.82, 2.24) is 0 Å². The highest BCUT2D eigenvalue weighted by atomic mass is 16.5. The second kappa shape index (κ2) is 8.61. The van der Waals surface area contributed by atoms with E-state index < -0.39 is 5.63 Å². The zero-order valence-electron chi connectivity index (χ0n) is 18.2. The number of fused-ring (bicyclic) bond motifs is 1. The summed E-state index contributed by atoms with van der Waals surface area (Å²) in [5, 5.41) is 3.69. The van der Waals surface area contributed by atoms with Gasteiger partial charge in [-0.15, -0.1) is 0 Å². The lowest BCUT2D eigenvalue weighted by Gasteiger charge is -2.17. The van der Waals surface area contributed by atoms with Gasteiger partial charge in [-0.3, -0.25) is 4.79 Å². The number of hydrogen-bond acceptors (Lipinski definition) is 5. The second-order valence-electron chi connectivity index (χ2n) is 7.59. The molecule has 0 fully saturated rings. The summed E-state index contributed by atoms with van der Waals surface area (Å²) in [4.78, 5) is 25.5. The van der Waals surface area contributed by atoms with Crippen molar-refractivity contribution < 1.29 is 18.7 Å². The lowest BCUT2D eigenvalue weighted by atomic mass is 9.97. The Labute approximate surface area is 175 Å². The number of para-hydroxylation sites is 1. The number of carbonyl (C=O) groups excluding carboxylic acids is 1. The van der Waals surface area contributed by atoms with Gasteiger partial charge in [0.25, 0.3) is 0 Å². The first-order valence-corrected chi connectivity index (χ1v) is 9.85. The SMILES string of the molecule is COc1ccc2c(C)c(CC(=O)Nc3c(C)cccc3C(C)C)c(=O)oc2c1OC. The van der Waals surface area contributed by atoms with E-state index in [0.717, 1.165) is 16.8 Å². The van der Waals surface area contributed by atoms with Crippen LogP contribution in [-0.2, 0) is 11.2 Å². The van der Waals surface area contributed by atoms with Gasteiger partial charge in [-0.1, -0.05) is 32.0 Å². The molecule has 2 aromatic carbocycles. The summed E-state index contributed by atoms with van der Waals surface area (Å²) in [6.07, 6.45) is -0.0790. The van der Waals surface area contributed by atoms with E-state index in [4.69, 9.17) is 13.9 Å². The number of anilines is 1. The molecule has 0 bridgehead atoms. The second-order valence-corrected chi connectivity index (χ2v) is 7.59. The first kappa shape index (κ1) is 21.4. The van der Waals surface area contributed by atoms with Crippen molar-refractivity contribution in [3.05, 3.63) is 63.0 Å². The quantitative estimate of drug-likeness (QED) is 0.596. The Hall–Kier alpha value is -3.28. The summed E-state index contributed by atoms with van der Waals surface area (Å²) in [5.74, 6) is 0.822. The van der Waals surface area contributed by atoms with Crippen molar-refractivity contribution >= 4 is 22.6 Å². The maximum Gasteiger partial charge on any atom is 0.340 e. The molecule has 3 aromatic rings. The lowest BCUT2D eigenvalue weighted by molar-refractivity contribution is -0.115. The Kier molecular flexibility index (Phi) is 6.15. The van der Waals surface area contributed by atoms with Crippen LogP contribution in [0.4, 0.5) is 5.69 Å². The maximum atomic E-state index is 12.8. The van der Waals surface area contributed by atoms with Crippen LogP contribution < -0.4 is 20.4 Å². The van der Waals surface area contributed by atoms with E-state index in [9.17, 15) is 9.59 Å². The molecule has 0 aliphatic heterocycles. The average Bonchev–Trinajstić information content (AvgIpc) is 2.71. The molecule has 1 aromatic heterocycles. The van der Waals surface area contributed by atoms with Gasteiger partial charge in [-0.25, -0.2) is 4.79 Å². The molecule has 0 unspecified atom stereocenters. The number of nitrogens with one attached hydrogen (secondary N) is 1. The molecule has 0 spiro atoms. The molecule has 0 radical (unpaired) electrons. The van der Waals surface area contributed by atoms with E-state index in [2.05, 4.69) is 19.2 Å². The fraction of sp³-hybridized carbons (Fsp3) is 0.333. The number of rotatable bonds is 6. The monoisotopic (exact) mass is 409 g/mol. The van der Waals surface area contributed by atoms with Crippen LogP contribution in [0.25, 0.3) is 11.0 Å². The molecule has 158 valence electrons. The Balaban J connectivity index is 1.99. The number of aryl methyl sites for hydroxylation is 2. The van der Waals surface area contributed by atoms with E-state index in [-0.39, 0.29) is 18.2 Å². The highest BCUT2D eigenvalue weighted by Gasteiger charge is 2.20. The van der Waals surface area contributed by atoms with Crippen LogP contribution in [0.2, 0.25) is 0 Å². The topological polar surface area (TPSA) is 77.8 Å². The molecular weight excluding hydrogens is 382 g/mol. The van der Waals surface area contributed by atoms with E-state index >= 15 is 0 Å². The lowest BCUT2D eigenvalue weighted by Crippen LogP contribution is -2.22. The van der Waals surface area contributed by atoms with Gasteiger partial charge in [0, 0.05) is 11.1 Å². The van der Waals surface area contributed by atoms with E-state index in [1.54, 1.807) is 19.1 Å². The molecule has 1 amide bonds. The molecule has 0 aliphatic rings. The number of methoxy groups -OCH3 is 2. The first-order chi connectivity index (χ1) is 14.3. The van der Waals surface area contributed by atoms with Crippen molar-refractivity contribution in [2.24, 2.45) is 0 Å². The fourth-order valence-electron chi connectivity index (χ4n) is 3.66. The third-order valence-corrected chi connectivity index (χ3v) is 5.33.